The second kappa shape index (κ2) is 4.87. The van der Waals surface area contributed by atoms with Crippen LogP contribution in [0.4, 0.5) is 0 Å². The van der Waals surface area contributed by atoms with Gasteiger partial charge in [-0.05, 0) is 25.0 Å². The standard InChI is InChI=1S/C11H17NO/c1-3-5-6-10(12)11-8-7-9(4-2)13-11/h3,7-8,10H,1,4-6,12H2,2H3/t10-/m0/s1. The number of hydrogen-bond donors (Lipinski definition) is 1. The molecule has 13 heavy (non-hydrogen) atoms. The zero-order valence-electron chi connectivity index (χ0n) is 8.12. The molecule has 0 unspecified atom stereocenters. The minimum Gasteiger partial charge on any atom is -0.464 e. The van der Waals surface area contributed by atoms with E-state index in [4.69, 9.17) is 10.2 Å². The van der Waals surface area contributed by atoms with Gasteiger partial charge in [0.25, 0.3) is 0 Å². The van der Waals surface area contributed by atoms with Crippen LogP contribution in [0.5, 0.6) is 0 Å². The first-order valence-corrected chi connectivity index (χ1v) is 4.73. The van der Waals surface area contributed by atoms with Crippen molar-refractivity contribution in [2.24, 2.45) is 5.73 Å². The van der Waals surface area contributed by atoms with Crippen molar-refractivity contribution in [2.75, 3.05) is 0 Å². The van der Waals surface area contributed by atoms with Crippen molar-refractivity contribution in [1.29, 1.82) is 0 Å². The Morgan fingerprint density at radius 2 is 2.38 bits per heavy atom. The molecule has 1 atom stereocenters. The molecular weight excluding hydrogens is 162 g/mol. The Morgan fingerprint density at radius 3 is 2.92 bits per heavy atom. The van der Waals surface area contributed by atoms with Crippen molar-refractivity contribution in [1.82, 2.24) is 0 Å². The van der Waals surface area contributed by atoms with Crippen molar-refractivity contribution in [2.45, 2.75) is 32.2 Å². The Balaban J connectivity index is 2.54. The van der Waals surface area contributed by atoms with Crippen LogP contribution in [0.15, 0.2) is 29.2 Å². The number of rotatable bonds is 5. The van der Waals surface area contributed by atoms with Crippen molar-refractivity contribution >= 4 is 0 Å². The topological polar surface area (TPSA) is 39.2 Å². The van der Waals surface area contributed by atoms with Crippen LogP contribution >= 0.6 is 0 Å². The molecule has 0 radical (unpaired) electrons. The van der Waals surface area contributed by atoms with Crippen LogP contribution in [0, 0.1) is 0 Å². The SMILES string of the molecule is C=CCC[C@H](N)c1ccc(CC)o1. The molecule has 0 fully saturated rings. The average Bonchev–Trinajstić information content (AvgIpc) is 2.62. The summed E-state index contributed by atoms with van der Waals surface area (Å²) in [6.45, 7) is 5.73. The van der Waals surface area contributed by atoms with Gasteiger partial charge in [0.15, 0.2) is 0 Å². The molecule has 0 saturated carbocycles. The van der Waals surface area contributed by atoms with Crippen molar-refractivity contribution in [3.8, 4) is 0 Å². The van der Waals surface area contributed by atoms with E-state index < -0.39 is 0 Å². The summed E-state index contributed by atoms with van der Waals surface area (Å²) in [5, 5.41) is 0. The van der Waals surface area contributed by atoms with Gasteiger partial charge in [-0.15, -0.1) is 6.58 Å². The molecule has 1 aromatic heterocycles. The quantitative estimate of drug-likeness (QED) is 0.706. The van der Waals surface area contributed by atoms with Gasteiger partial charge in [0.1, 0.15) is 11.5 Å². The molecule has 0 saturated heterocycles. The van der Waals surface area contributed by atoms with Gasteiger partial charge in [0.05, 0.1) is 6.04 Å². The van der Waals surface area contributed by atoms with E-state index in [-0.39, 0.29) is 6.04 Å². The molecule has 72 valence electrons. The lowest BCUT2D eigenvalue weighted by Crippen LogP contribution is -2.08. The van der Waals surface area contributed by atoms with E-state index in [0.29, 0.717) is 0 Å². The third kappa shape index (κ3) is 2.74. The number of aryl methyl sites for hydroxylation is 1. The molecule has 2 N–H and O–H groups in total. The fraction of sp³-hybridized carbons (Fsp3) is 0.455. The molecule has 0 aliphatic rings. The number of hydrogen-bond acceptors (Lipinski definition) is 2. The minimum absolute atomic E-state index is 0.0123. The molecule has 1 heterocycles. The molecule has 2 nitrogen and oxygen atoms in total. The fourth-order valence-corrected chi connectivity index (χ4v) is 1.22. The first-order valence-electron chi connectivity index (χ1n) is 4.73. The molecule has 0 aromatic carbocycles. The lowest BCUT2D eigenvalue weighted by atomic mass is 10.1. The summed E-state index contributed by atoms with van der Waals surface area (Å²) in [7, 11) is 0. The lowest BCUT2D eigenvalue weighted by molar-refractivity contribution is 0.426. The minimum atomic E-state index is 0.0123. The van der Waals surface area contributed by atoms with Gasteiger partial charge >= 0.3 is 0 Å². The highest BCUT2D eigenvalue weighted by molar-refractivity contribution is 5.10. The van der Waals surface area contributed by atoms with Crippen LogP contribution in [0.1, 0.15) is 37.3 Å². The Kier molecular flexibility index (Phi) is 3.77. The Labute approximate surface area is 79.4 Å². The molecule has 0 bridgehead atoms. The second-order valence-corrected chi connectivity index (χ2v) is 3.13. The highest BCUT2D eigenvalue weighted by Gasteiger charge is 2.08. The first kappa shape index (κ1) is 10.1. The van der Waals surface area contributed by atoms with Gasteiger partial charge in [0.2, 0.25) is 0 Å². The highest BCUT2D eigenvalue weighted by Crippen LogP contribution is 2.18. The predicted molar refractivity (Wildman–Crippen MR) is 54.4 cm³/mol. The summed E-state index contributed by atoms with van der Waals surface area (Å²) < 4.78 is 5.53. The first-order chi connectivity index (χ1) is 6.27. The number of allylic oxidation sites excluding steroid dienone is 1. The van der Waals surface area contributed by atoms with Crippen molar-refractivity contribution in [3.05, 3.63) is 36.3 Å². The van der Waals surface area contributed by atoms with Gasteiger partial charge in [-0.3, -0.25) is 0 Å². The Bertz CT molecular complexity index is 265. The lowest BCUT2D eigenvalue weighted by Gasteiger charge is -2.05. The number of furan rings is 1. The van der Waals surface area contributed by atoms with Crippen LogP contribution in [-0.4, -0.2) is 0 Å². The van der Waals surface area contributed by atoms with Crippen LogP contribution in [0.2, 0.25) is 0 Å². The second-order valence-electron chi connectivity index (χ2n) is 3.13. The molecule has 1 aromatic rings. The highest BCUT2D eigenvalue weighted by atomic mass is 16.3. The smallest absolute Gasteiger partial charge is 0.120 e. The molecule has 1 rings (SSSR count). The summed E-state index contributed by atoms with van der Waals surface area (Å²) >= 11 is 0. The van der Waals surface area contributed by atoms with Gasteiger partial charge in [-0.2, -0.15) is 0 Å². The van der Waals surface area contributed by atoms with E-state index in [1.165, 1.54) is 0 Å². The van der Waals surface area contributed by atoms with Crippen molar-refractivity contribution < 1.29 is 4.42 Å². The third-order valence-corrected chi connectivity index (χ3v) is 2.08. The van der Waals surface area contributed by atoms with E-state index in [9.17, 15) is 0 Å². The number of nitrogens with two attached hydrogens (primary N) is 1. The largest absolute Gasteiger partial charge is 0.464 e. The maximum atomic E-state index is 5.91. The molecule has 0 aliphatic carbocycles. The maximum absolute atomic E-state index is 5.91. The van der Waals surface area contributed by atoms with Crippen molar-refractivity contribution in [3.63, 3.8) is 0 Å². The molecular formula is C11H17NO. The zero-order chi connectivity index (χ0) is 9.68. The van der Waals surface area contributed by atoms with Crippen LogP contribution in [0.3, 0.4) is 0 Å². The van der Waals surface area contributed by atoms with E-state index >= 15 is 0 Å². The van der Waals surface area contributed by atoms with Crippen LogP contribution < -0.4 is 5.73 Å². The summed E-state index contributed by atoms with van der Waals surface area (Å²) in [5.74, 6) is 1.89. The van der Waals surface area contributed by atoms with E-state index in [0.717, 1.165) is 30.8 Å². The van der Waals surface area contributed by atoms with E-state index in [1.807, 2.05) is 18.2 Å². The van der Waals surface area contributed by atoms with Gasteiger partial charge in [-0.1, -0.05) is 13.0 Å². The van der Waals surface area contributed by atoms with Gasteiger partial charge in [0, 0.05) is 6.42 Å². The Hall–Kier alpha value is -1.02. The summed E-state index contributed by atoms with van der Waals surface area (Å²) in [4.78, 5) is 0. The fourth-order valence-electron chi connectivity index (χ4n) is 1.22. The summed E-state index contributed by atoms with van der Waals surface area (Å²) in [6, 6.07) is 3.97. The monoisotopic (exact) mass is 179 g/mol. The zero-order valence-corrected chi connectivity index (χ0v) is 8.12. The summed E-state index contributed by atoms with van der Waals surface area (Å²) in [5.41, 5.74) is 5.91. The Morgan fingerprint density at radius 1 is 1.62 bits per heavy atom. The predicted octanol–water partition coefficient (Wildman–Crippen LogP) is 2.81. The van der Waals surface area contributed by atoms with Gasteiger partial charge in [-0.25, -0.2) is 0 Å². The van der Waals surface area contributed by atoms with E-state index in [2.05, 4.69) is 13.5 Å². The molecule has 0 amide bonds. The molecule has 2 heteroatoms. The van der Waals surface area contributed by atoms with E-state index in [1.54, 1.807) is 0 Å². The third-order valence-electron chi connectivity index (χ3n) is 2.08. The normalized spacial score (nSPS) is 12.8. The van der Waals surface area contributed by atoms with Crippen LogP contribution in [0.25, 0.3) is 0 Å². The molecule has 0 spiro atoms. The van der Waals surface area contributed by atoms with Crippen LogP contribution in [-0.2, 0) is 6.42 Å². The molecule has 0 aliphatic heterocycles. The maximum Gasteiger partial charge on any atom is 0.120 e. The average molecular weight is 179 g/mol. The summed E-state index contributed by atoms with van der Waals surface area (Å²) in [6.07, 6.45) is 4.64. The van der Waals surface area contributed by atoms with Gasteiger partial charge < -0.3 is 10.2 Å².